The maximum Gasteiger partial charge on any atom is 0.0150 e. The number of hydrogen-bond donors (Lipinski definition) is 1. The summed E-state index contributed by atoms with van der Waals surface area (Å²) in [4.78, 5) is 0. The Kier molecular flexibility index (Phi) is 12.0. The molecule has 0 aliphatic heterocycles. The Hall–Kier alpha value is -0.0400. The summed E-state index contributed by atoms with van der Waals surface area (Å²) in [6.07, 6.45) is 16.7. The molecule has 18 heavy (non-hydrogen) atoms. The van der Waals surface area contributed by atoms with Crippen LogP contribution in [0.5, 0.6) is 0 Å². The van der Waals surface area contributed by atoms with Gasteiger partial charge in [0.2, 0.25) is 0 Å². The molecule has 0 radical (unpaired) electrons. The zero-order valence-electron chi connectivity index (χ0n) is 13.5. The summed E-state index contributed by atoms with van der Waals surface area (Å²) >= 11 is 0. The van der Waals surface area contributed by atoms with Gasteiger partial charge in [0.15, 0.2) is 0 Å². The van der Waals surface area contributed by atoms with Crippen molar-refractivity contribution in [2.45, 2.75) is 103 Å². The first kappa shape index (κ1) is 18.0. The van der Waals surface area contributed by atoms with Crippen molar-refractivity contribution < 1.29 is 0 Å². The maximum atomic E-state index is 3.56. The van der Waals surface area contributed by atoms with E-state index in [1.165, 1.54) is 77.0 Å². The zero-order chi connectivity index (χ0) is 13.7. The molecule has 0 aliphatic rings. The molecule has 0 spiro atoms. The topological polar surface area (TPSA) is 12.0 Å². The highest BCUT2D eigenvalue weighted by atomic mass is 14.9. The summed E-state index contributed by atoms with van der Waals surface area (Å²) < 4.78 is 0. The van der Waals surface area contributed by atoms with Crippen LogP contribution in [0.1, 0.15) is 97.8 Å². The molecule has 0 saturated carbocycles. The van der Waals surface area contributed by atoms with Crippen LogP contribution >= 0.6 is 0 Å². The van der Waals surface area contributed by atoms with Gasteiger partial charge in [0.1, 0.15) is 0 Å². The van der Waals surface area contributed by atoms with Gasteiger partial charge in [-0.2, -0.15) is 0 Å². The van der Waals surface area contributed by atoms with Gasteiger partial charge in [-0.05, 0) is 26.8 Å². The molecule has 0 aliphatic carbocycles. The summed E-state index contributed by atoms with van der Waals surface area (Å²) in [6, 6.07) is 0. The van der Waals surface area contributed by atoms with Gasteiger partial charge in [-0.1, -0.05) is 78.1 Å². The fourth-order valence-corrected chi connectivity index (χ4v) is 2.61. The van der Waals surface area contributed by atoms with E-state index in [1.54, 1.807) is 0 Å². The van der Waals surface area contributed by atoms with Gasteiger partial charge in [-0.15, -0.1) is 0 Å². The van der Waals surface area contributed by atoms with E-state index in [9.17, 15) is 0 Å². The highest BCUT2D eigenvalue weighted by molar-refractivity contribution is 4.81. The average molecular weight is 255 g/mol. The summed E-state index contributed by atoms with van der Waals surface area (Å²) in [6.45, 7) is 6.98. The van der Waals surface area contributed by atoms with E-state index < -0.39 is 0 Å². The molecule has 0 aromatic carbocycles. The normalized spacial score (nSPS) is 12.0. The second-order valence-electron chi connectivity index (χ2n) is 6.14. The lowest BCUT2D eigenvalue weighted by Crippen LogP contribution is -2.39. The third-order valence-electron chi connectivity index (χ3n) is 4.27. The van der Waals surface area contributed by atoms with Gasteiger partial charge in [-0.25, -0.2) is 0 Å². The van der Waals surface area contributed by atoms with Gasteiger partial charge in [0.05, 0.1) is 0 Å². The summed E-state index contributed by atoms with van der Waals surface area (Å²) in [5.41, 5.74) is 0.387. The first-order valence-electron chi connectivity index (χ1n) is 8.37. The zero-order valence-corrected chi connectivity index (χ0v) is 13.5. The van der Waals surface area contributed by atoms with Gasteiger partial charge in [-0.3, -0.25) is 0 Å². The molecule has 0 heterocycles. The maximum absolute atomic E-state index is 3.56. The lowest BCUT2D eigenvalue weighted by atomic mass is 9.88. The molecule has 0 fully saturated rings. The van der Waals surface area contributed by atoms with Gasteiger partial charge in [0.25, 0.3) is 0 Å². The van der Waals surface area contributed by atoms with Gasteiger partial charge in [0, 0.05) is 5.54 Å². The molecule has 0 aromatic rings. The van der Waals surface area contributed by atoms with Crippen LogP contribution in [0.2, 0.25) is 0 Å². The molecule has 0 saturated heterocycles. The van der Waals surface area contributed by atoms with Crippen molar-refractivity contribution in [1.82, 2.24) is 5.32 Å². The van der Waals surface area contributed by atoms with Crippen molar-refractivity contribution in [2.24, 2.45) is 0 Å². The summed E-state index contributed by atoms with van der Waals surface area (Å²) in [7, 11) is 2.14. The predicted octanol–water partition coefficient (Wildman–Crippen LogP) is 5.69. The minimum Gasteiger partial charge on any atom is -0.315 e. The van der Waals surface area contributed by atoms with E-state index in [2.05, 4.69) is 33.1 Å². The predicted molar refractivity (Wildman–Crippen MR) is 84.2 cm³/mol. The summed E-state index contributed by atoms with van der Waals surface area (Å²) in [5, 5.41) is 3.56. The smallest absolute Gasteiger partial charge is 0.0150 e. The minimum absolute atomic E-state index is 0.387. The Bertz CT molecular complexity index is 151. The molecular weight excluding hydrogens is 218 g/mol. The van der Waals surface area contributed by atoms with E-state index in [-0.39, 0.29) is 0 Å². The number of hydrogen-bond acceptors (Lipinski definition) is 1. The Morgan fingerprint density at radius 2 is 1.06 bits per heavy atom. The van der Waals surface area contributed by atoms with Crippen molar-refractivity contribution in [3.8, 4) is 0 Å². The Morgan fingerprint density at radius 1 is 0.667 bits per heavy atom. The molecule has 0 atom stereocenters. The molecule has 0 bridgehead atoms. The van der Waals surface area contributed by atoms with E-state index in [0.717, 1.165) is 0 Å². The molecule has 0 unspecified atom stereocenters. The van der Waals surface area contributed by atoms with E-state index in [4.69, 9.17) is 0 Å². The number of rotatable bonds is 13. The molecule has 110 valence electrons. The van der Waals surface area contributed by atoms with Crippen LogP contribution in [0.25, 0.3) is 0 Å². The first-order chi connectivity index (χ1) is 8.68. The largest absolute Gasteiger partial charge is 0.315 e. The van der Waals surface area contributed by atoms with Crippen LogP contribution in [-0.2, 0) is 0 Å². The molecule has 1 nitrogen and oxygen atoms in total. The lowest BCUT2D eigenvalue weighted by molar-refractivity contribution is 0.307. The van der Waals surface area contributed by atoms with E-state index in [1.807, 2.05) is 0 Å². The Labute approximate surface area is 116 Å². The highest BCUT2D eigenvalue weighted by Gasteiger charge is 2.20. The van der Waals surface area contributed by atoms with Crippen LogP contribution in [0.3, 0.4) is 0 Å². The van der Waals surface area contributed by atoms with Crippen LogP contribution in [0.4, 0.5) is 0 Å². The second-order valence-corrected chi connectivity index (χ2v) is 6.14. The van der Waals surface area contributed by atoms with Gasteiger partial charge < -0.3 is 5.32 Å². The molecule has 0 rings (SSSR count). The third kappa shape index (κ3) is 9.94. The van der Waals surface area contributed by atoms with Crippen molar-refractivity contribution in [3.05, 3.63) is 0 Å². The second kappa shape index (κ2) is 12.0. The quantitative estimate of drug-likeness (QED) is 0.417. The van der Waals surface area contributed by atoms with Crippen LogP contribution in [0, 0.1) is 0 Å². The molecule has 1 N–H and O–H groups in total. The fraction of sp³-hybridized carbons (Fsp3) is 1.00. The van der Waals surface area contributed by atoms with Crippen LogP contribution < -0.4 is 5.32 Å². The van der Waals surface area contributed by atoms with Crippen molar-refractivity contribution >= 4 is 0 Å². The Balaban J connectivity index is 3.60. The fourth-order valence-electron chi connectivity index (χ4n) is 2.61. The first-order valence-corrected chi connectivity index (χ1v) is 8.37. The molecule has 1 heteroatoms. The van der Waals surface area contributed by atoms with Gasteiger partial charge >= 0.3 is 0 Å². The highest BCUT2D eigenvalue weighted by Crippen LogP contribution is 2.22. The van der Waals surface area contributed by atoms with Crippen molar-refractivity contribution in [2.75, 3.05) is 7.05 Å². The number of unbranched alkanes of at least 4 members (excludes halogenated alkanes) is 8. The average Bonchev–Trinajstić information content (AvgIpc) is 2.38. The molecule has 0 aromatic heterocycles. The molecular formula is C17H37N. The van der Waals surface area contributed by atoms with E-state index in [0.29, 0.717) is 5.54 Å². The summed E-state index contributed by atoms with van der Waals surface area (Å²) in [5.74, 6) is 0. The van der Waals surface area contributed by atoms with Crippen molar-refractivity contribution in [1.29, 1.82) is 0 Å². The van der Waals surface area contributed by atoms with E-state index >= 15 is 0 Å². The monoisotopic (exact) mass is 255 g/mol. The molecule has 0 amide bonds. The van der Waals surface area contributed by atoms with Crippen molar-refractivity contribution in [3.63, 3.8) is 0 Å². The lowest BCUT2D eigenvalue weighted by Gasteiger charge is -2.29. The SMILES string of the molecule is CCCCCCCC(C)(CCCCCCC)NC. The van der Waals surface area contributed by atoms with Crippen LogP contribution in [0.15, 0.2) is 0 Å². The third-order valence-corrected chi connectivity index (χ3v) is 4.27. The standard InChI is InChI=1S/C17H37N/c1-5-7-9-11-13-15-17(3,18-4)16-14-12-10-8-6-2/h18H,5-16H2,1-4H3. The Morgan fingerprint density at radius 3 is 1.39 bits per heavy atom. The number of nitrogens with one attached hydrogen (secondary N) is 1. The van der Waals surface area contributed by atoms with Crippen LogP contribution in [-0.4, -0.2) is 12.6 Å². The minimum atomic E-state index is 0.387.